The molecule has 0 radical (unpaired) electrons. The molecule has 1 aliphatic heterocycles. The molecule has 6 heteroatoms. The van der Waals surface area contributed by atoms with Crippen LogP contribution in [0.3, 0.4) is 0 Å². The van der Waals surface area contributed by atoms with E-state index in [0.29, 0.717) is 5.56 Å². The number of hydrogen-bond acceptors (Lipinski definition) is 6. The zero-order valence-corrected chi connectivity index (χ0v) is 13.6. The number of rotatable bonds is 3. The fourth-order valence-electron chi connectivity index (χ4n) is 2.84. The molecular weight excluding hydrogens is 292 g/mol. The highest BCUT2D eigenvalue weighted by atomic mass is 16.5. The summed E-state index contributed by atoms with van der Waals surface area (Å²) in [6, 6.07) is 7.71. The minimum atomic E-state index is -0.291. The van der Waals surface area contributed by atoms with Crippen LogP contribution >= 0.6 is 0 Å². The van der Waals surface area contributed by atoms with E-state index in [1.54, 1.807) is 0 Å². The summed E-state index contributed by atoms with van der Waals surface area (Å²) in [4.78, 5) is 22.7. The topological polar surface area (TPSA) is 67.4 Å². The zero-order chi connectivity index (χ0) is 16.4. The minimum Gasteiger partial charge on any atom is -0.465 e. The fourth-order valence-corrected chi connectivity index (χ4v) is 2.84. The standard InChI is InChI=1S/C17H20N4O2/c1-11-19-15(18-2)9-16(20-11)21-7-6-12-8-13(17(22)23-3)4-5-14(12)10-21/h4-5,8-9H,6-7,10H2,1-3H3,(H,18,19,20). The van der Waals surface area contributed by atoms with Gasteiger partial charge in [0.25, 0.3) is 0 Å². The average molecular weight is 312 g/mol. The molecule has 1 aromatic carbocycles. The zero-order valence-electron chi connectivity index (χ0n) is 13.6. The fraction of sp³-hybridized carbons (Fsp3) is 0.353. The van der Waals surface area contributed by atoms with Gasteiger partial charge >= 0.3 is 5.97 Å². The van der Waals surface area contributed by atoms with Gasteiger partial charge in [0, 0.05) is 26.2 Å². The van der Waals surface area contributed by atoms with Crippen LogP contribution in [0, 0.1) is 6.92 Å². The second kappa shape index (κ2) is 6.24. The molecule has 0 fully saturated rings. The van der Waals surface area contributed by atoms with Crippen molar-refractivity contribution in [2.75, 3.05) is 30.9 Å². The maximum atomic E-state index is 11.6. The van der Waals surface area contributed by atoms with Crippen LogP contribution in [-0.2, 0) is 17.7 Å². The highest BCUT2D eigenvalue weighted by Gasteiger charge is 2.20. The van der Waals surface area contributed by atoms with Gasteiger partial charge in [0.2, 0.25) is 0 Å². The molecule has 1 aromatic heterocycles. The molecule has 0 saturated carbocycles. The van der Waals surface area contributed by atoms with Crippen molar-refractivity contribution in [2.45, 2.75) is 19.9 Å². The van der Waals surface area contributed by atoms with Gasteiger partial charge in [-0.15, -0.1) is 0 Å². The maximum Gasteiger partial charge on any atom is 0.337 e. The molecule has 0 saturated heterocycles. The van der Waals surface area contributed by atoms with E-state index in [1.807, 2.05) is 38.2 Å². The van der Waals surface area contributed by atoms with Crippen molar-refractivity contribution in [1.29, 1.82) is 0 Å². The molecule has 2 heterocycles. The smallest absolute Gasteiger partial charge is 0.337 e. The summed E-state index contributed by atoms with van der Waals surface area (Å²) in [5.41, 5.74) is 3.02. The molecule has 0 atom stereocenters. The summed E-state index contributed by atoms with van der Waals surface area (Å²) >= 11 is 0. The Hall–Kier alpha value is -2.63. The maximum absolute atomic E-state index is 11.6. The van der Waals surface area contributed by atoms with E-state index in [1.165, 1.54) is 18.2 Å². The lowest BCUT2D eigenvalue weighted by molar-refractivity contribution is 0.0600. The number of aromatic nitrogens is 2. The highest BCUT2D eigenvalue weighted by molar-refractivity contribution is 5.89. The third-order valence-corrected chi connectivity index (χ3v) is 4.04. The van der Waals surface area contributed by atoms with Crippen molar-refractivity contribution >= 4 is 17.6 Å². The van der Waals surface area contributed by atoms with E-state index in [-0.39, 0.29) is 5.97 Å². The van der Waals surface area contributed by atoms with Crippen LogP contribution in [-0.4, -0.2) is 36.6 Å². The van der Waals surface area contributed by atoms with E-state index in [0.717, 1.165) is 37.0 Å². The number of hydrogen-bond donors (Lipinski definition) is 1. The van der Waals surface area contributed by atoms with Gasteiger partial charge in [0.05, 0.1) is 12.7 Å². The van der Waals surface area contributed by atoms with E-state index in [4.69, 9.17) is 4.74 Å². The summed E-state index contributed by atoms with van der Waals surface area (Å²) in [6.45, 7) is 3.53. The summed E-state index contributed by atoms with van der Waals surface area (Å²) in [6.07, 6.45) is 0.873. The van der Waals surface area contributed by atoms with Crippen molar-refractivity contribution in [1.82, 2.24) is 9.97 Å². The monoisotopic (exact) mass is 312 g/mol. The Bertz CT molecular complexity index is 745. The predicted molar refractivity (Wildman–Crippen MR) is 88.9 cm³/mol. The van der Waals surface area contributed by atoms with Crippen LogP contribution in [0.15, 0.2) is 24.3 Å². The largest absolute Gasteiger partial charge is 0.465 e. The number of carbonyl (C=O) groups is 1. The van der Waals surface area contributed by atoms with E-state index < -0.39 is 0 Å². The van der Waals surface area contributed by atoms with Gasteiger partial charge in [0.1, 0.15) is 17.5 Å². The van der Waals surface area contributed by atoms with Crippen LogP contribution in [0.2, 0.25) is 0 Å². The van der Waals surface area contributed by atoms with Gasteiger partial charge in [-0.1, -0.05) is 6.07 Å². The molecule has 3 rings (SSSR count). The van der Waals surface area contributed by atoms with Crippen LogP contribution in [0.25, 0.3) is 0 Å². The lowest BCUT2D eigenvalue weighted by Gasteiger charge is -2.30. The quantitative estimate of drug-likeness (QED) is 0.876. The summed E-state index contributed by atoms with van der Waals surface area (Å²) in [7, 11) is 3.26. The molecule has 0 unspecified atom stereocenters. The first-order valence-electron chi connectivity index (χ1n) is 7.59. The number of benzene rings is 1. The lowest BCUT2D eigenvalue weighted by Crippen LogP contribution is -2.31. The molecule has 120 valence electrons. The van der Waals surface area contributed by atoms with Crippen molar-refractivity contribution in [2.24, 2.45) is 0 Å². The Labute approximate surface area is 135 Å². The molecule has 6 nitrogen and oxygen atoms in total. The Kier molecular flexibility index (Phi) is 4.14. The van der Waals surface area contributed by atoms with Crippen molar-refractivity contribution in [3.8, 4) is 0 Å². The number of carbonyl (C=O) groups excluding carboxylic acids is 1. The van der Waals surface area contributed by atoms with Gasteiger partial charge in [-0.25, -0.2) is 14.8 Å². The van der Waals surface area contributed by atoms with E-state index in [9.17, 15) is 4.79 Å². The number of methoxy groups -OCH3 is 1. The van der Waals surface area contributed by atoms with E-state index >= 15 is 0 Å². The second-order valence-corrected chi connectivity index (χ2v) is 5.56. The predicted octanol–water partition coefficient (Wildman–Crippen LogP) is 2.18. The van der Waals surface area contributed by atoms with Gasteiger partial charge in [-0.3, -0.25) is 0 Å². The first-order chi connectivity index (χ1) is 11.1. The minimum absolute atomic E-state index is 0.291. The molecule has 0 bridgehead atoms. The lowest BCUT2D eigenvalue weighted by atomic mass is 9.97. The number of anilines is 2. The number of fused-ring (bicyclic) bond motifs is 1. The molecule has 0 aliphatic carbocycles. The summed E-state index contributed by atoms with van der Waals surface area (Å²) in [5, 5.41) is 3.06. The first kappa shape index (κ1) is 15.3. The van der Waals surface area contributed by atoms with Gasteiger partial charge in [-0.2, -0.15) is 0 Å². The summed E-state index contributed by atoms with van der Waals surface area (Å²) in [5.74, 6) is 2.20. The van der Waals surface area contributed by atoms with Crippen molar-refractivity contribution in [3.05, 3.63) is 46.8 Å². The molecule has 2 aromatic rings. The van der Waals surface area contributed by atoms with Crippen molar-refractivity contribution < 1.29 is 9.53 Å². The number of aryl methyl sites for hydroxylation is 1. The average Bonchev–Trinajstić information content (AvgIpc) is 2.59. The van der Waals surface area contributed by atoms with Crippen molar-refractivity contribution in [3.63, 3.8) is 0 Å². The molecule has 1 aliphatic rings. The Balaban J connectivity index is 1.86. The Morgan fingerprint density at radius 3 is 2.83 bits per heavy atom. The van der Waals surface area contributed by atoms with Crippen LogP contribution in [0.1, 0.15) is 27.3 Å². The summed E-state index contributed by atoms with van der Waals surface area (Å²) < 4.78 is 4.78. The molecule has 0 amide bonds. The number of ether oxygens (including phenoxy) is 1. The normalized spacial score (nSPS) is 13.4. The second-order valence-electron chi connectivity index (χ2n) is 5.56. The third kappa shape index (κ3) is 3.11. The van der Waals surface area contributed by atoms with E-state index in [2.05, 4.69) is 20.2 Å². The van der Waals surface area contributed by atoms with Crippen LogP contribution < -0.4 is 10.2 Å². The van der Waals surface area contributed by atoms with Crippen LogP contribution in [0.5, 0.6) is 0 Å². The Morgan fingerprint density at radius 1 is 1.26 bits per heavy atom. The molecule has 0 spiro atoms. The van der Waals surface area contributed by atoms with Gasteiger partial charge in [0.15, 0.2) is 0 Å². The van der Waals surface area contributed by atoms with Crippen LogP contribution in [0.4, 0.5) is 11.6 Å². The SMILES string of the molecule is CNc1cc(N2CCc3cc(C(=O)OC)ccc3C2)nc(C)n1. The van der Waals surface area contributed by atoms with Gasteiger partial charge < -0.3 is 15.0 Å². The molecular formula is C17H20N4O2. The number of nitrogens with one attached hydrogen (secondary N) is 1. The third-order valence-electron chi connectivity index (χ3n) is 4.04. The number of esters is 1. The molecule has 1 N–H and O–H groups in total. The highest BCUT2D eigenvalue weighted by Crippen LogP contribution is 2.25. The number of nitrogens with zero attached hydrogens (tertiary/aromatic N) is 3. The van der Waals surface area contributed by atoms with Gasteiger partial charge in [-0.05, 0) is 36.6 Å². The Morgan fingerprint density at radius 2 is 2.09 bits per heavy atom. The first-order valence-corrected chi connectivity index (χ1v) is 7.59. The molecule has 23 heavy (non-hydrogen) atoms.